The largest absolute Gasteiger partial charge is 0.398 e. The van der Waals surface area contributed by atoms with E-state index in [9.17, 15) is 23.1 Å². The zero-order chi connectivity index (χ0) is 18.9. The fraction of sp³-hybridized carbons (Fsp3) is 0. The van der Waals surface area contributed by atoms with Crippen LogP contribution in [0.2, 0.25) is 0 Å². The van der Waals surface area contributed by atoms with Crippen LogP contribution in [0.25, 0.3) is 10.8 Å². The normalized spacial score (nSPS) is 11.9. The highest BCUT2D eigenvalue weighted by Gasteiger charge is 2.13. The first-order valence-corrected chi connectivity index (χ1v) is 8.65. The maximum Gasteiger partial charge on any atom is 0.294 e. The van der Waals surface area contributed by atoms with Gasteiger partial charge in [0.25, 0.3) is 15.8 Å². The van der Waals surface area contributed by atoms with Crippen molar-refractivity contribution in [2.75, 3.05) is 5.73 Å². The number of rotatable bonds is 4. The lowest BCUT2D eigenvalue weighted by Crippen LogP contribution is -1.98. The minimum Gasteiger partial charge on any atom is -0.398 e. The van der Waals surface area contributed by atoms with Crippen molar-refractivity contribution >= 4 is 43.6 Å². The van der Waals surface area contributed by atoms with Gasteiger partial charge in [0.05, 0.1) is 21.2 Å². The summed E-state index contributed by atoms with van der Waals surface area (Å²) in [6.07, 6.45) is 0. The van der Waals surface area contributed by atoms with E-state index >= 15 is 0 Å². The molecule has 132 valence electrons. The smallest absolute Gasteiger partial charge is 0.294 e. The summed E-state index contributed by atoms with van der Waals surface area (Å²) in [6.45, 7) is 0. The molecule has 0 aliphatic rings. The van der Waals surface area contributed by atoms with E-state index in [4.69, 9.17) is 5.73 Å². The van der Waals surface area contributed by atoms with Crippen LogP contribution in [0.5, 0.6) is 0 Å². The number of nitro benzene ring substituents is 1. The Balaban J connectivity index is 2.06. The Morgan fingerprint density at radius 1 is 0.962 bits per heavy atom. The summed E-state index contributed by atoms with van der Waals surface area (Å²) < 4.78 is 31.9. The summed E-state index contributed by atoms with van der Waals surface area (Å²) in [6, 6.07) is 12.6. The van der Waals surface area contributed by atoms with E-state index in [0.29, 0.717) is 27.8 Å². The Kier molecular flexibility index (Phi) is 4.36. The second-order valence-corrected chi connectivity index (χ2v) is 6.75. The van der Waals surface area contributed by atoms with Crippen molar-refractivity contribution in [2.45, 2.75) is 4.90 Å². The van der Waals surface area contributed by atoms with Crippen LogP contribution in [-0.4, -0.2) is 17.9 Å². The van der Waals surface area contributed by atoms with Crippen molar-refractivity contribution in [3.63, 3.8) is 0 Å². The summed E-state index contributed by atoms with van der Waals surface area (Å²) in [5.74, 6) is 0. The number of nitrogens with zero attached hydrogens (tertiary/aromatic N) is 3. The maximum atomic E-state index is 11.4. The molecule has 0 atom stereocenters. The first-order valence-electron chi connectivity index (χ1n) is 7.21. The second kappa shape index (κ2) is 6.50. The van der Waals surface area contributed by atoms with Crippen LogP contribution in [0.4, 0.5) is 22.7 Å². The first-order chi connectivity index (χ1) is 12.3. The van der Waals surface area contributed by atoms with Gasteiger partial charge in [-0.05, 0) is 36.4 Å². The number of fused-ring (bicyclic) bond motifs is 1. The van der Waals surface area contributed by atoms with Gasteiger partial charge in [-0.15, -0.1) is 5.11 Å². The van der Waals surface area contributed by atoms with Crippen LogP contribution in [0, 0.1) is 10.1 Å². The Bertz CT molecular complexity index is 1140. The van der Waals surface area contributed by atoms with Crippen molar-refractivity contribution in [3.05, 3.63) is 64.7 Å². The molecule has 0 aliphatic heterocycles. The third-order valence-electron chi connectivity index (χ3n) is 3.63. The van der Waals surface area contributed by atoms with Gasteiger partial charge >= 0.3 is 0 Å². The molecule has 0 radical (unpaired) electrons. The molecule has 3 aromatic carbocycles. The Morgan fingerprint density at radius 3 is 2.27 bits per heavy atom. The van der Waals surface area contributed by atoms with Crippen molar-refractivity contribution in [1.29, 1.82) is 0 Å². The fourth-order valence-electron chi connectivity index (χ4n) is 2.34. The molecule has 0 unspecified atom stereocenters. The molecule has 0 fully saturated rings. The molecule has 10 heteroatoms. The van der Waals surface area contributed by atoms with E-state index in [1.807, 2.05) is 0 Å². The molecule has 3 N–H and O–H groups in total. The predicted molar refractivity (Wildman–Crippen MR) is 95.4 cm³/mol. The summed E-state index contributed by atoms with van der Waals surface area (Å²) in [5, 5.41) is 19.7. The monoisotopic (exact) mass is 372 g/mol. The molecule has 26 heavy (non-hydrogen) atoms. The number of hydrogen-bond acceptors (Lipinski definition) is 7. The highest BCUT2D eigenvalue weighted by Crippen LogP contribution is 2.33. The van der Waals surface area contributed by atoms with E-state index in [1.165, 1.54) is 42.5 Å². The summed E-state index contributed by atoms with van der Waals surface area (Å²) in [4.78, 5) is 9.84. The molecule has 3 rings (SSSR count). The fourth-order valence-corrected chi connectivity index (χ4v) is 2.84. The lowest BCUT2D eigenvalue weighted by Gasteiger charge is -2.06. The van der Waals surface area contributed by atoms with E-state index in [-0.39, 0.29) is 10.6 Å². The maximum absolute atomic E-state index is 11.4. The quantitative estimate of drug-likeness (QED) is 0.232. The van der Waals surface area contributed by atoms with Crippen LogP contribution >= 0.6 is 0 Å². The van der Waals surface area contributed by atoms with Crippen molar-refractivity contribution < 1.29 is 17.9 Å². The van der Waals surface area contributed by atoms with Crippen LogP contribution in [0.15, 0.2) is 69.7 Å². The summed E-state index contributed by atoms with van der Waals surface area (Å²) in [7, 11) is -4.38. The predicted octanol–water partition coefficient (Wildman–Crippen LogP) is 3.99. The molecule has 0 saturated carbocycles. The van der Waals surface area contributed by atoms with Crippen LogP contribution < -0.4 is 5.73 Å². The Morgan fingerprint density at radius 2 is 1.65 bits per heavy atom. The van der Waals surface area contributed by atoms with Gasteiger partial charge in [0, 0.05) is 28.6 Å². The molecular weight excluding hydrogens is 360 g/mol. The van der Waals surface area contributed by atoms with Crippen molar-refractivity contribution in [3.8, 4) is 0 Å². The first kappa shape index (κ1) is 17.5. The van der Waals surface area contributed by atoms with Gasteiger partial charge in [0.15, 0.2) is 0 Å². The molecule has 0 aromatic heterocycles. The summed E-state index contributed by atoms with van der Waals surface area (Å²) in [5.41, 5.74) is 6.94. The average Bonchev–Trinajstić information content (AvgIpc) is 2.60. The Hall–Kier alpha value is -3.37. The third-order valence-corrected chi connectivity index (χ3v) is 4.48. The van der Waals surface area contributed by atoms with Crippen molar-refractivity contribution in [2.24, 2.45) is 10.2 Å². The summed E-state index contributed by atoms with van der Waals surface area (Å²) >= 11 is 0. The molecule has 0 bridgehead atoms. The number of non-ortho nitro benzene ring substituents is 1. The minimum atomic E-state index is -4.38. The number of nitro groups is 1. The molecule has 0 heterocycles. The highest BCUT2D eigenvalue weighted by molar-refractivity contribution is 7.85. The number of anilines is 1. The van der Waals surface area contributed by atoms with E-state index < -0.39 is 15.0 Å². The van der Waals surface area contributed by atoms with Gasteiger partial charge < -0.3 is 5.73 Å². The van der Waals surface area contributed by atoms with Gasteiger partial charge in [-0.1, -0.05) is 6.07 Å². The van der Waals surface area contributed by atoms with Crippen LogP contribution in [0.3, 0.4) is 0 Å². The van der Waals surface area contributed by atoms with E-state index in [1.54, 1.807) is 12.1 Å². The number of nitrogen functional groups attached to an aromatic ring is 1. The van der Waals surface area contributed by atoms with Crippen LogP contribution in [-0.2, 0) is 10.1 Å². The molecule has 0 aliphatic carbocycles. The van der Waals surface area contributed by atoms with Crippen LogP contribution in [0.1, 0.15) is 0 Å². The van der Waals surface area contributed by atoms with Gasteiger partial charge in [0.2, 0.25) is 0 Å². The van der Waals surface area contributed by atoms with Gasteiger partial charge in [-0.3, -0.25) is 14.7 Å². The zero-order valence-electron chi connectivity index (χ0n) is 13.1. The zero-order valence-corrected chi connectivity index (χ0v) is 13.9. The van der Waals surface area contributed by atoms with E-state index in [2.05, 4.69) is 10.2 Å². The molecule has 0 saturated heterocycles. The topological polar surface area (TPSA) is 148 Å². The highest BCUT2D eigenvalue weighted by atomic mass is 32.2. The molecular formula is C16H12N4O5S. The van der Waals surface area contributed by atoms with Gasteiger partial charge in [0.1, 0.15) is 0 Å². The van der Waals surface area contributed by atoms with Gasteiger partial charge in [-0.2, -0.15) is 13.5 Å². The molecule has 0 spiro atoms. The number of hydrogen-bond donors (Lipinski definition) is 2. The number of benzene rings is 3. The minimum absolute atomic E-state index is 0.0697. The SMILES string of the molecule is Nc1ccc(N=Nc2ccc([N+](=O)[O-])cc2)c2cc(S(=O)(=O)O)ccc12. The number of azo groups is 1. The standard InChI is InChI=1S/C16H12N4O5S/c17-15-7-8-16(14-9-12(26(23,24)25)5-6-13(14)15)19-18-10-1-3-11(4-2-10)20(21)22/h1-9H,17H2,(H,23,24,25). The molecule has 3 aromatic rings. The molecule has 9 nitrogen and oxygen atoms in total. The Labute approximate surface area is 147 Å². The molecule has 0 amide bonds. The number of nitrogens with two attached hydrogens (primary N) is 1. The lowest BCUT2D eigenvalue weighted by molar-refractivity contribution is -0.384. The van der Waals surface area contributed by atoms with Crippen molar-refractivity contribution in [1.82, 2.24) is 0 Å². The van der Waals surface area contributed by atoms with E-state index in [0.717, 1.165) is 0 Å². The third kappa shape index (κ3) is 3.50. The average molecular weight is 372 g/mol. The lowest BCUT2D eigenvalue weighted by atomic mass is 10.1. The van der Waals surface area contributed by atoms with Gasteiger partial charge in [-0.25, -0.2) is 0 Å². The second-order valence-electron chi connectivity index (χ2n) is 5.33.